The zero-order valence-electron chi connectivity index (χ0n) is 11.7. The molecule has 9 heteroatoms. The van der Waals surface area contributed by atoms with Crippen molar-refractivity contribution in [2.45, 2.75) is 18.4 Å². The van der Waals surface area contributed by atoms with Gasteiger partial charge in [-0.15, -0.1) is 0 Å². The Balaban J connectivity index is 2.19. The lowest BCUT2D eigenvalue weighted by atomic mass is 10.3. The Morgan fingerprint density at radius 2 is 2.14 bits per heavy atom. The third-order valence-electron chi connectivity index (χ3n) is 2.79. The van der Waals surface area contributed by atoms with Crippen LogP contribution in [0.25, 0.3) is 0 Å². The summed E-state index contributed by atoms with van der Waals surface area (Å²) in [6, 6.07) is 1.79. The summed E-state index contributed by atoms with van der Waals surface area (Å²) in [4.78, 5) is 4.18. The molecule has 2 aromatic rings. The van der Waals surface area contributed by atoms with Crippen LogP contribution in [0.5, 0.6) is 0 Å². The highest BCUT2D eigenvalue weighted by Gasteiger charge is 2.18. The van der Waals surface area contributed by atoms with Crippen LogP contribution in [0.2, 0.25) is 0 Å². The Morgan fingerprint density at radius 3 is 2.81 bits per heavy atom. The average molecular weight is 374 g/mol. The topological polar surface area (TPSA) is 88.9 Å². The smallest absolute Gasteiger partial charge is 0.266 e. The van der Waals surface area contributed by atoms with Gasteiger partial charge in [0.15, 0.2) is 0 Å². The van der Waals surface area contributed by atoms with Crippen molar-refractivity contribution in [3.63, 3.8) is 0 Å². The second kappa shape index (κ2) is 6.54. The highest BCUT2D eigenvalue weighted by Crippen LogP contribution is 2.20. The molecule has 0 atom stereocenters. The van der Waals surface area contributed by atoms with Gasteiger partial charge in [-0.2, -0.15) is 5.10 Å². The van der Waals surface area contributed by atoms with Crippen molar-refractivity contribution >= 4 is 31.8 Å². The van der Waals surface area contributed by atoms with Crippen molar-refractivity contribution in [1.82, 2.24) is 20.1 Å². The van der Waals surface area contributed by atoms with Crippen molar-refractivity contribution < 1.29 is 8.42 Å². The molecule has 0 amide bonds. The maximum absolute atomic E-state index is 12.3. The van der Waals surface area contributed by atoms with Crippen molar-refractivity contribution in [2.75, 3.05) is 18.3 Å². The Morgan fingerprint density at radius 1 is 1.38 bits per heavy atom. The molecule has 0 bridgehead atoms. The van der Waals surface area contributed by atoms with Gasteiger partial charge in [0, 0.05) is 23.4 Å². The molecule has 0 aliphatic rings. The molecule has 2 rings (SSSR count). The van der Waals surface area contributed by atoms with E-state index in [1.165, 1.54) is 12.4 Å². The molecule has 21 heavy (non-hydrogen) atoms. The SMILES string of the molecule is CNCCn1cc(S(=O)(=O)Nc2ncc(Br)cc2C)cn1. The van der Waals surface area contributed by atoms with Crippen LogP contribution in [-0.2, 0) is 16.6 Å². The fourth-order valence-electron chi connectivity index (χ4n) is 1.67. The van der Waals surface area contributed by atoms with E-state index in [2.05, 4.69) is 36.1 Å². The molecule has 2 heterocycles. The molecular weight excluding hydrogens is 358 g/mol. The van der Waals surface area contributed by atoms with Gasteiger partial charge in [-0.25, -0.2) is 13.4 Å². The third kappa shape index (κ3) is 4.02. The molecule has 0 aliphatic heterocycles. The molecule has 0 saturated carbocycles. The van der Waals surface area contributed by atoms with Gasteiger partial charge in [0.05, 0.1) is 12.7 Å². The van der Waals surface area contributed by atoms with Crippen molar-refractivity contribution in [3.05, 3.63) is 34.7 Å². The van der Waals surface area contributed by atoms with Gasteiger partial charge in [0.1, 0.15) is 10.7 Å². The Hall–Kier alpha value is -1.45. The van der Waals surface area contributed by atoms with E-state index in [0.29, 0.717) is 18.9 Å². The van der Waals surface area contributed by atoms with E-state index in [-0.39, 0.29) is 4.90 Å². The molecule has 0 saturated heterocycles. The second-order valence-corrected chi connectivity index (χ2v) is 7.07. The minimum Gasteiger partial charge on any atom is -0.318 e. The minimum absolute atomic E-state index is 0.114. The standard InChI is InChI=1S/C12H16BrN5O2S/c1-9-5-10(13)6-15-12(9)17-21(19,20)11-7-16-18(8-11)4-3-14-2/h5-8,14H,3-4H2,1-2H3,(H,15,17). The van der Waals surface area contributed by atoms with Gasteiger partial charge in [0.25, 0.3) is 10.0 Å². The molecule has 114 valence electrons. The van der Waals surface area contributed by atoms with E-state index in [4.69, 9.17) is 0 Å². The summed E-state index contributed by atoms with van der Waals surface area (Å²) < 4.78 is 29.4. The predicted octanol–water partition coefficient (Wildman–Crippen LogP) is 1.37. The number of hydrogen-bond donors (Lipinski definition) is 2. The summed E-state index contributed by atoms with van der Waals surface area (Å²) in [7, 11) is -1.86. The van der Waals surface area contributed by atoms with Gasteiger partial charge in [-0.3, -0.25) is 9.40 Å². The summed E-state index contributed by atoms with van der Waals surface area (Å²) in [6.07, 6.45) is 4.36. The molecule has 0 unspecified atom stereocenters. The zero-order chi connectivity index (χ0) is 15.5. The second-order valence-electron chi connectivity index (χ2n) is 4.47. The Kier molecular flexibility index (Phi) is 4.96. The first-order valence-corrected chi connectivity index (χ1v) is 8.52. The first-order chi connectivity index (χ1) is 9.92. The number of aromatic nitrogens is 3. The number of aryl methyl sites for hydroxylation is 1. The number of sulfonamides is 1. The van der Waals surface area contributed by atoms with E-state index in [1.807, 2.05) is 7.05 Å². The highest BCUT2D eigenvalue weighted by atomic mass is 79.9. The van der Waals surface area contributed by atoms with Crippen LogP contribution in [0.15, 0.2) is 34.0 Å². The normalized spacial score (nSPS) is 11.6. The Bertz CT molecular complexity index is 729. The summed E-state index contributed by atoms with van der Waals surface area (Å²) in [5, 5.41) is 7.00. The summed E-state index contributed by atoms with van der Waals surface area (Å²) in [5.41, 5.74) is 0.732. The predicted molar refractivity (Wildman–Crippen MR) is 83.6 cm³/mol. The molecule has 0 radical (unpaired) electrons. The molecule has 0 aliphatic carbocycles. The van der Waals surface area contributed by atoms with Gasteiger partial charge in [-0.1, -0.05) is 0 Å². The van der Waals surface area contributed by atoms with Gasteiger partial charge in [-0.05, 0) is 41.5 Å². The van der Waals surface area contributed by atoms with Crippen LogP contribution in [-0.4, -0.2) is 36.8 Å². The van der Waals surface area contributed by atoms with Crippen molar-refractivity contribution in [3.8, 4) is 0 Å². The van der Waals surface area contributed by atoms with Crippen LogP contribution in [0.1, 0.15) is 5.56 Å². The number of nitrogens with zero attached hydrogens (tertiary/aromatic N) is 3. The third-order valence-corrected chi connectivity index (χ3v) is 4.51. The molecule has 7 nitrogen and oxygen atoms in total. The number of hydrogen-bond acceptors (Lipinski definition) is 5. The van der Waals surface area contributed by atoms with Crippen LogP contribution in [0, 0.1) is 6.92 Å². The van der Waals surface area contributed by atoms with E-state index in [0.717, 1.165) is 10.0 Å². The summed E-state index contributed by atoms with van der Waals surface area (Å²) in [5.74, 6) is 0.307. The van der Waals surface area contributed by atoms with E-state index in [1.54, 1.807) is 23.9 Å². The first kappa shape index (κ1) is 15.9. The number of anilines is 1. The summed E-state index contributed by atoms with van der Waals surface area (Å²) in [6.45, 7) is 3.09. The van der Waals surface area contributed by atoms with Crippen molar-refractivity contribution in [1.29, 1.82) is 0 Å². The molecule has 2 N–H and O–H groups in total. The molecule has 0 aromatic carbocycles. The van der Waals surface area contributed by atoms with Gasteiger partial charge in [0.2, 0.25) is 0 Å². The number of rotatable bonds is 6. The number of nitrogens with one attached hydrogen (secondary N) is 2. The quantitative estimate of drug-likeness (QED) is 0.797. The fourth-order valence-corrected chi connectivity index (χ4v) is 3.14. The molecule has 0 spiro atoms. The molecule has 2 aromatic heterocycles. The van der Waals surface area contributed by atoms with Gasteiger partial charge >= 0.3 is 0 Å². The minimum atomic E-state index is -3.68. The van der Waals surface area contributed by atoms with E-state index < -0.39 is 10.0 Å². The zero-order valence-corrected chi connectivity index (χ0v) is 14.1. The largest absolute Gasteiger partial charge is 0.318 e. The van der Waals surface area contributed by atoms with E-state index >= 15 is 0 Å². The lowest BCUT2D eigenvalue weighted by Gasteiger charge is -2.08. The fraction of sp³-hybridized carbons (Fsp3) is 0.333. The maximum atomic E-state index is 12.3. The average Bonchev–Trinajstić information content (AvgIpc) is 2.89. The summed E-state index contributed by atoms with van der Waals surface area (Å²) >= 11 is 3.29. The highest BCUT2D eigenvalue weighted by molar-refractivity contribution is 9.10. The monoisotopic (exact) mass is 373 g/mol. The van der Waals surface area contributed by atoms with Gasteiger partial charge < -0.3 is 5.32 Å². The number of halogens is 1. The molecule has 0 fully saturated rings. The Labute approximate surface area is 132 Å². The maximum Gasteiger partial charge on any atom is 0.266 e. The van der Waals surface area contributed by atoms with Crippen LogP contribution in [0.3, 0.4) is 0 Å². The number of likely N-dealkylation sites (N-methyl/N-ethyl adjacent to an activating group) is 1. The van der Waals surface area contributed by atoms with Crippen LogP contribution < -0.4 is 10.0 Å². The first-order valence-electron chi connectivity index (χ1n) is 6.24. The molecular formula is C12H16BrN5O2S. The lowest BCUT2D eigenvalue weighted by molar-refractivity contribution is 0.582. The number of pyridine rings is 1. The van der Waals surface area contributed by atoms with Crippen molar-refractivity contribution in [2.24, 2.45) is 0 Å². The lowest BCUT2D eigenvalue weighted by Crippen LogP contribution is -2.16. The van der Waals surface area contributed by atoms with Crippen LogP contribution in [0.4, 0.5) is 5.82 Å². The van der Waals surface area contributed by atoms with Crippen LogP contribution >= 0.6 is 15.9 Å². The van der Waals surface area contributed by atoms with E-state index in [9.17, 15) is 8.42 Å².